The lowest BCUT2D eigenvalue weighted by Gasteiger charge is -2.39. The van der Waals surface area contributed by atoms with Crippen LogP contribution in [-0.4, -0.2) is 9.97 Å². The molecule has 0 saturated heterocycles. The summed E-state index contributed by atoms with van der Waals surface area (Å²) >= 11 is 1.77. The summed E-state index contributed by atoms with van der Waals surface area (Å²) in [6.07, 6.45) is 0. The maximum atomic E-state index is 6.70. The molecule has 4 heteroatoms. The molecule has 0 bridgehead atoms. The molecule has 0 radical (unpaired) electrons. The second-order valence-corrected chi connectivity index (χ2v) is 16.3. The molecule has 0 unspecified atom stereocenters. The van der Waals surface area contributed by atoms with Crippen LogP contribution < -0.4 is 4.74 Å². The van der Waals surface area contributed by atoms with E-state index in [1.54, 1.807) is 11.3 Å². The fourth-order valence-corrected chi connectivity index (χ4v) is 11.0. The average Bonchev–Trinajstić information content (AvgIpc) is 3.78. The minimum Gasteiger partial charge on any atom is -0.457 e. The Hall–Kier alpha value is -7.14. The molecule has 3 heterocycles. The van der Waals surface area contributed by atoms with Crippen molar-refractivity contribution in [2.75, 3.05) is 0 Å². The number of ether oxygens (including phenoxy) is 1. The van der Waals surface area contributed by atoms with Crippen LogP contribution in [0.5, 0.6) is 11.5 Å². The quantitative estimate of drug-likeness (QED) is 0.165. The molecule has 2 aromatic heterocycles. The highest BCUT2D eigenvalue weighted by Crippen LogP contribution is 2.63. The van der Waals surface area contributed by atoms with Crippen molar-refractivity contribution >= 4 is 64.0 Å². The molecule has 13 rings (SSSR count). The van der Waals surface area contributed by atoms with E-state index in [1.807, 2.05) is 0 Å². The molecule has 11 aromatic rings. The Bertz CT molecular complexity index is 3480. The molecule has 0 amide bonds. The van der Waals surface area contributed by atoms with Crippen molar-refractivity contribution in [1.82, 2.24) is 9.97 Å². The zero-order chi connectivity index (χ0) is 37.2. The monoisotopic (exact) mass is 742 g/mol. The number of fused-ring (bicyclic) bond motifs is 16. The minimum atomic E-state index is -0.611. The number of para-hydroxylation sites is 2. The van der Waals surface area contributed by atoms with Crippen molar-refractivity contribution in [2.45, 2.75) is 5.41 Å². The van der Waals surface area contributed by atoms with Gasteiger partial charge in [-0.05, 0) is 97.0 Å². The first-order valence-corrected chi connectivity index (χ1v) is 20.2. The highest BCUT2D eigenvalue weighted by Gasteiger charge is 2.51. The van der Waals surface area contributed by atoms with Gasteiger partial charge in [-0.2, -0.15) is 0 Å². The summed E-state index contributed by atoms with van der Waals surface area (Å²) in [5.41, 5.74) is 10.7. The van der Waals surface area contributed by atoms with Gasteiger partial charge in [-0.3, -0.25) is 0 Å². The molecule has 1 spiro atoms. The van der Waals surface area contributed by atoms with Gasteiger partial charge >= 0.3 is 0 Å². The van der Waals surface area contributed by atoms with Gasteiger partial charge in [0.25, 0.3) is 0 Å². The average molecular weight is 743 g/mol. The molecule has 9 aromatic carbocycles. The van der Waals surface area contributed by atoms with Crippen LogP contribution >= 0.6 is 11.3 Å². The summed E-state index contributed by atoms with van der Waals surface area (Å²) in [5, 5.41) is 8.35. The third-order valence-corrected chi connectivity index (χ3v) is 13.5. The summed E-state index contributed by atoms with van der Waals surface area (Å²) < 4.78 is 8.99. The standard InChI is InChI=1S/C53H30N2OS/c1-2-14-32-29-45-40(27-31(32)13-1)38-26-25-34(30-44(38)53(45)42-20-8-10-22-46(42)56-47-23-11-9-21-43(47)53)49-51-50(39-19-7-12-24-48(39)57-51)55-52(54-49)41-28-33-15-3-4-16-35(33)36-17-5-6-18-37(36)41/h1-30H. The lowest BCUT2D eigenvalue weighted by Crippen LogP contribution is -2.32. The Kier molecular flexibility index (Phi) is 6.25. The Balaban J connectivity index is 1.14. The molecule has 0 saturated carbocycles. The van der Waals surface area contributed by atoms with E-state index in [0.29, 0.717) is 0 Å². The van der Waals surface area contributed by atoms with Crippen molar-refractivity contribution in [3.63, 3.8) is 0 Å². The highest BCUT2D eigenvalue weighted by atomic mass is 32.1. The molecule has 1 aliphatic carbocycles. The van der Waals surface area contributed by atoms with E-state index < -0.39 is 5.41 Å². The van der Waals surface area contributed by atoms with Crippen molar-refractivity contribution in [3.05, 3.63) is 204 Å². The summed E-state index contributed by atoms with van der Waals surface area (Å²) in [5.74, 6) is 2.50. The molecular formula is C53H30N2OS. The molecular weight excluding hydrogens is 713 g/mol. The predicted octanol–water partition coefficient (Wildman–Crippen LogP) is 14.1. The van der Waals surface area contributed by atoms with Crippen LogP contribution in [0.15, 0.2) is 182 Å². The first kappa shape index (κ1) is 31.1. The summed E-state index contributed by atoms with van der Waals surface area (Å²) in [4.78, 5) is 11.0. The van der Waals surface area contributed by atoms with E-state index in [2.05, 4.69) is 182 Å². The van der Waals surface area contributed by atoms with Crippen LogP contribution in [-0.2, 0) is 5.41 Å². The van der Waals surface area contributed by atoms with Gasteiger partial charge in [0.1, 0.15) is 11.5 Å². The van der Waals surface area contributed by atoms with Crippen LogP contribution in [0.4, 0.5) is 0 Å². The largest absolute Gasteiger partial charge is 0.457 e. The number of hydrogen-bond donors (Lipinski definition) is 0. The number of thiophene rings is 1. The normalized spacial score (nSPS) is 13.5. The van der Waals surface area contributed by atoms with Gasteiger partial charge in [0.05, 0.1) is 21.3 Å². The van der Waals surface area contributed by atoms with Crippen LogP contribution in [0.1, 0.15) is 22.3 Å². The molecule has 0 fully saturated rings. The molecule has 0 atom stereocenters. The minimum absolute atomic E-state index is 0.611. The number of benzene rings is 9. The number of hydrogen-bond acceptors (Lipinski definition) is 4. The van der Waals surface area contributed by atoms with Gasteiger partial charge in [-0.1, -0.05) is 140 Å². The Morgan fingerprint density at radius 1 is 0.421 bits per heavy atom. The van der Waals surface area contributed by atoms with E-state index in [0.717, 1.165) is 66.3 Å². The molecule has 0 N–H and O–H groups in total. The Morgan fingerprint density at radius 3 is 1.81 bits per heavy atom. The zero-order valence-electron chi connectivity index (χ0n) is 30.5. The van der Waals surface area contributed by atoms with E-state index in [9.17, 15) is 0 Å². The van der Waals surface area contributed by atoms with E-state index in [1.165, 1.54) is 53.9 Å². The van der Waals surface area contributed by atoms with Crippen LogP contribution in [0.2, 0.25) is 0 Å². The van der Waals surface area contributed by atoms with Crippen molar-refractivity contribution < 1.29 is 4.74 Å². The van der Waals surface area contributed by atoms with E-state index in [4.69, 9.17) is 14.7 Å². The zero-order valence-corrected chi connectivity index (χ0v) is 31.3. The summed E-state index contributed by atoms with van der Waals surface area (Å²) in [6.45, 7) is 0. The van der Waals surface area contributed by atoms with Gasteiger partial charge < -0.3 is 4.74 Å². The molecule has 3 nitrogen and oxygen atoms in total. The topological polar surface area (TPSA) is 35.0 Å². The van der Waals surface area contributed by atoms with Gasteiger partial charge in [-0.25, -0.2) is 9.97 Å². The van der Waals surface area contributed by atoms with E-state index in [-0.39, 0.29) is 0 Å². The van der Waals surface area contributed by atoms with Gasteiger partial charge in [0, 0.05) is 32.3 Å². The molecule has 1 aliphatic heterocycles. The van der Waals surface area contributed by atoms with Gasteiger partial charge in [0.2, 0.25) is 0 Å². The maximum absolute atomic E-state index is 6.70. The maximum Gasteiger partial charge on any atom is 0.161 e. The Morgan fingerprint density at radius 2 is 1.02 bits per heavy atom. The lowest BCUT2D eigenvalue weighted by atomic mass is 9.65. The lowest BCUT2D eigenvalue weighted by molar-refractivity contribution is 0.436. The van der Waals surface area contributed by atoms with Crippen molar-refractivity contribution in [2.24, 2.45) is 0 Å². The fraction of sp³-hybridized carbons (Fsp3) is 0.0189. The predicted molar refractivity (Wildman–Crippen MR) is 236 cm³/mol. The first-order chi connectivity index (χ1) is 28.2. The van der Waals surface area contributed by atoms with Gasteiger partial charge in [-0.15, -0.1) is 11.3 Å². The molecule has 57 heavy (non-hydrogen) atoms. The molecule has 264 valence electrons. The summed E-state index contributed by atoms with van der Waals surface area (Å²) in [6, 6.07) is 65.9. The number of nitrogens with zero attached hydrogens (tertiary/aromatic N) is 2. The van der Waals surface area contributed by atoms with E-state index >= 15 is 0 Å². The van der Waals surface area contributed by atoms with Crippen LogP contribution in [0.25, 0.3) is 86.4 Å². The van der Waals surface area contributed by atoms with Crippen LogP contribution in [0, 0.1) is 0 Å². The number of rotatable bonds is 2. The molecule has 2 aliphatic rings. The summed E-state index contributed by atoms with van der Waals surface area (Å²) in [7, 11) is 0. The first-order valence-electron chi connectivity index (χ1n) is 19.4. The fourth-order valence-electron chi connectivity index (χ4n) is 9.88. The van der Waals surface area contributed by atoms with Crippen molar-refractivity contribution in [3.8, 4) is 45.3 Å². The Labute approximate surface area is 332 Å². The smallest absolute Gasteiger partial charge is 0.161 e. The second-order valence-electron chi connectivity index (χ2n) is 15.2. The van der Waals surface area contributed by atoms with Crippen LogP contribution in [0.3, 0.4) is 0 Å². The second kappa shape index (κ2) is 11.5. The third kappa shape index (κ3) is 4.20. The van der Waals surface area contributed by atoms with Crippen molar-refractivity contribution in [1.29, 1.82) is 0 Å². The SMILES string of the molecule is c1ccc2c(c1)Oc1ccccc1C21c2cc(-c3nc(-c4cc5ccccc5c5ccccc45)nc4c3sc3ccccc34)ccc2-c2cc3ccccc3cc21. The number of aromatic nitrogens is 2. The highest BCUT2D eigenvalue weighted by molar-refractivity contribution is 7.26. The van der Waals surface area contributed by atoms with Gasteiger partial charge in [0.15, 0.2) is 5.82 Å². The third-order valence-electron chi connectivity index (χ3n) is 12.3.